The molecule has 0 bridgehead atoms. The molecule has 1 amide bonds. The summed E-state index contributed by atoms with van der Waals surface area (Å²) in [6.45, 7) is 8.44. The summed E-state index contributed by atoms with van der Waals surface area (Å²) < 4.78 is 0. The molecule has 0 heterocycles. The molecule has 0 fully saturated rings. The molecule has 0 aromatic heterocycles. The van der Waals surface area contributed by atoms with Gasteiger partial charge in [0.05, 0.1) is 11.4 Å². The van der Waals surface area contributed by atoms with Crippen LogP contribution in [0.15, 0.2) is 18.2 Å². The van der Waals surface area contributed by atoms with Crippen LogP contribution in [-0.2, 0) is 4.79 Å². The highest BCUT2D eigenvalue weighted by molar-refractivity contribution is 6.31. The quantitative estimate of drug-likeness (QED) is 0.816. The molecule has 100 valence electrons. The highest BCUT2D eigenvalue weighted by Gasteiger charge is 2.22. The van der Waals surface area contributed by atoms with Gasteiger partial charge >= 0.3 is 0 Å². The standard InChI is InChI=1S/C14H21ClN2O/c1-9(14(2,3)4)7-13(18)17-12-8-10(15)5-6-11(12)16/h5-6,8-9H,7,16H2,1-4H3,(H,17,18). The highest BCUT2D eigenvalue weighted by atomic mass is 35.5. The van der Waals surface area contributed by atoms with E-state index in [1.165, 1.54) is 0 Å². The van der Waals surface area contributed by atoms with Crippen LogP contribution >= 0.6 is 11.6 Å². The Bertz CT molecular complexity index is 438. The van der Waals surface area contributed by atoms with Crippen molar-refractivity contribution in [3.8, 4) is 0 Å². The van der Waals surface area contributed by atoms with E-state index >= 15 is 0 Å². The van der Waals surface area contributed by atoms with Gasteiger partial charge in [-0.25, -0.2) is 0 Å². The number of nitrogens with two attached hydrogens (primary N) is 1. The van der Waals surface area contributed by atoms with Gasteiger partial charge in [0.2, 0.25) is 5.91 Å². The largest absolute Gasteiger partial charge is 0.397 e. The fourth-order valence-electron chi connectivity index (χ4n) is 1.42. The van der Waals surface area contributed by atoms with E-state index in [2.05, 4.69) is 33.0 Å². The first-order valence-electron chi connectivity index (χ1n) is 6.05. The molecular weight excluding hydrogens is 248 g/mol. The van der Waals surface area contributed by atoms with Crippen LogP contribution in [0.1, 0.15) is 34.1 Å². The Balaban J connectivity index is 2.68. The molecule has 1 aromatic rings. The van der Waals surface area contributed by atoms with Gasteiger partial charge in [0.1, 0.15) is 0 Å². The lowest BCUT2D eigenvalue weighted by atomic mass is 9.80. The van der Waals surface area contributed by atoms with E-state index < -0.39 is 0 Å². The Morgan fingerprint density at radius 3 is 2.61 bits per heavy atom. The molecule has 0 saturated heterocycles. The van der Waals surface area contributed by atoms with Gasteiger partial charge in [0.15, 0.2) is 0 Å². The van der Waals surface area contributed by atoms with Crippen molar-refractivity contribution >= 4 is 28.9 Å². The number of carbonyl (C=O) groups excluding carboxylic acids is 1. The molecule has 4 heteroatoms. The third kappa shape index (κ3) is 4.22. The van der Waals surface area contributed by atoms with Gasteiger partial charge in [0.25, 0.3) is 0 Å². The lowest BCUT2D eigenvalue weighted by Gasteiger charge is -2.26. The molecule has 1 aromatic carbocycles. The second-order valence-corrected chi connectivity index (χ2v) is 6.19. The van der Waals surface area contributed by atoms with E-state index in [4.69, 9.17) is 17.3 Å². The van der Waals surface area contributed by atoms with Gasteiger partial charge in [-0.3, -0.25) is 4.79 Å². The van der Waals surface area contributed by atoms with Gasteiger partial charge in [-0.1, -0.05) is 39.3 Å². The maximum absolute atomic E-state index is 11.9. The molecule has 1 rings (SSSR count). The third-order valence-electron chi connectivity index (χ3n) is 3.26. The van der Waals surface area contributed by atoms with Crippen LogP contribution in [-0.4, -0.2) is 5.91 Å². The molecule has 0 aliphatic carbocycles. The molecule has 0 saturated carbocycles. The fourth-order valence-corrected chi connectivity index (χ4v) is 1.59. The normalized spacial score (nSPS) is 13.2. The molecule has 0 spiro atoms. The lowest BCUT2D eigenvalue weighted by Crippen LogP contribution is -2.24. The van der Waals surface area contributed by atoms with E-state index in [-0.39, 0.29) is 17.2 Å². The SMILES string of the molecule is CC(CC(=O)Nc1cc(Cl)ccc1N)C(C)(C)C. The molecule has 3 N–H and O–H groups in total. The van der Waals surface area contributed by atoms with Crippen LogP contribution in [0.4, 0.5) is 11.4 Å². The van der Waals surface area contributed by atoms with E-state index in [0.29, 0.717) is 22.8 Å². The summed E-state index contributed by atoms with van der Waals surface area (Å²) in [7, 11) is 0. The van der Waals surface area contributed by atoms with Crippen LogP contribution in [0.3, 0.4) is 0 Å². The molecule has 1 atom stereocenters. The number of nitrogens with one attached hydrogen (secondary N) is 1. The molecule has 18 heavy (non-hydrogen) atoms. The van der Waals surface area contributed by atoms with Crippen LogP contribution in [0.5, 0.6) is 0 Å². The van der Waals surface area contributed by atoms with Crippen molar-refractivity contribution in [3.63, 3.8) is 0 Å². The van der Waals surface area contributed by atoms with Crippen LogP contribution in [0, 0.1) is 11.3 Å². The number of nitrogen functional groups attached to an aromatic ring is 1. The van der Waals surface area contributed by atoms with Crippen LogP contribution in [0.2, 0.25) is 5.02 Å². The summed E-state index contributed by atoms with van der Waals surface area (Å²) in [6, 6.07) is 5.05. The van der Waals surface area contributed by atoms with E-state index in [0.717, 1.165) is 0 Å². The zero-order valence-corrected chi connectivity index (χ0v) is 12.1. The number of anilines is 2. The molecule has 1 unspecified atom stereocenters. The van der Waals surface area contributed by atoms with Crippen molar-refractivity contribution in [1.82, 2.24) is 0 Å². The average molecular weight is 269 g/mol. The Morgan fingerprint density at radius 1 is 1.44 bits per heavy atom. The minimum absolute atomic E-state index is 0.0357. The van der Waals surface area contributed by atoms with Gasteiger partial charge in [-0.2, -0.15) is 0 Å². The Kier molecular flexibility index (Phi) is 4.63. The predicted molar refractivity (Wildman–Crippen MR) is 77.7 cm³/mol. The first-order valence-corrected chi connectivity index (χ1v) is 6.43. The van der Waals surface area contributed by atoms with Crippen molar-refractivity contribution in [1.29, 1.82) is 0 Å². The summed E-state index contributed by atoms with van der Waals surface area (Å²) in [5, 5.41) is 3.36. The smallest absolute Gasteiger partial charge is 0.224 e. The van der Waals surface area contributed by atoms with E-state index in [1.54, 1.807) is 18.2 Å². The first-order chi connectivity index (χ1) is 8.20. The van der Waals surface area contributed by atoms with Crippen molar-refractivity contribution < 1.29 is 4.79 Å². The molecule has 3 nitrogen and oxygen atoms in total. The predicted octanol–water partition coefficient (Wildman–Crippen LogP) is 3.93. The Morgan fingerprint density at radius 2 is 2.06 bits per heavy atom. The average Bonchev–Trinajstić information content (AvgIpc) is 2.22. The fraction of sp³-hybridized carbons (Fsp3) is 0.500. The summed E-state index contributed by atoms with van der Waals surface area (Å²) in [5.41, 5.74) is 6.99. The topological polar surface area (TPSA) is 55.1 Å². The van der Waals surface area contributed by atoms with E-state index in [1.807, 2.05) is 0 Å². The highest BCUT2D eigenvalue weighted by Crippen LogP contribution is 2.29. The lowest BCUT2D eigenvalue weighted by molar-refractivity contribution is -0.117. The van der Waals surface area contributed by atoms with Crippen molar-refractivity contribution in [2.75, 3.05) is 11.1 Å². The van der Waals surface area contributed by atoms with Gasteiger partial charge in [-0.05, 0) is 29.5 Å². The summed E-state index contributed by atoms with van der Waals surface area (Å²) in [4.78, 5) is 11.9. The van der Waals surface area contributed by atoms with Crippen LogP contribution < -0.4 is 11.1 Å². The minimum atomic E-state index is -0.0357. The maximum Gasteiger partial charge on any atom is 0.224 e. The maximum atomic E-state index is 11.9. The zero-order chi connectivity index (χ0) is 13.9. The number of rotatable bonds is 3. The Hall–Kier alpha value is -1.22. The second-order valence-electron chi connectivity index (χ2n) is 5.75. The van der Waals surface area contributed by atoms with Gasteiger partial charge in [0, 0.05) is 11.4 Å². The second kappa shape index (κ2) is 5.61. The monoisotopic (exact) mass is 268 g/mol. The molecule has 0 radical (unpaired) electrons. The number of halogens is 1. The number of amides is 1. The number of benzene rings is 1. The number of hydrogen-bond acceptors (Lipinski definition) is 2. The Labute approximate surface area is 114 Å². The molecular formula is C14H21ClN2O. The molecule has 0 aliphatic heterocycles. The van der Waals surface area contributed by atoms with E-state index in [9.17, 15) is 4.79 Å². The summed E-state index contributed by atoms with van der Waals surface area (Å²) in [6.07, 6.45) is 0.468. The number of carbonyl (C=O) groups is 1. The zero-order valence-electron chi connectivity index (χ0n) is 11.4. The first kappa shape index (κ1) is 14.8. The molecule has 0 aliphatic rings. The third-order valence-corrected chi connectivity index (χ3v) is 3.49. The van der Waals surface area contributed by atoms with Crippen molar-refractivity contribution in [2.24, 2.45) is 11.3 Å². The summed E-state index contributed by atoms with van der Waals surface area (Å²) >= 11 is 5.87. The van der Waals surface area contributed by atoms with Gasteiger partial charge < -0.3 is 11.1 Å². The van der Waals surface area contributed by atoms with Crippen LogP contribution in [0.25, 0.3) is 0 Å². The van der Waals surface area contributed by atoms with Gasteiger partial charge in [-0.15, -0.1) is 0 Å². The summed E-state index contributed by atoms with van der Waals surface area (Å²) in [5.74, 6) is 0.254. The van der Waals surface area contributed by atoms with Crippen molar-refractivity contribution in [2.45, 2.75) is 34.1 Å². The number of hydrogen-bond donors (Lipinski definition) is 2. The minimum Gasteiger partial charge on any atom is -0.397 e. The van der Waals surface area contributed by atoms with Crippen molar-refractivity contribution in [3.05, 3.63) is 23.2 Å².